The minimum Gasteiger partial charge on any atom is -0.493 e. The van der Waals surface area contributed by atoms with Crippen molar-refractivity contribution in [2.75, 3.05) is 20.8 Å². The summed E-state index contributed by atoms with van der Waals surface area (Å²) in [6.45, 7) is 3.06. The first-order valence-electron chi connectivity index (χ1n) is 7.09. The number of rotatable bonds is 7. The Hall–Kier alpha value is -2.07. The number of ether oxygens (including phenoxy) is 2. The molecule has 2 aromatic rings. The Bertz CT molecular complexity index is 558. The van der Waals surface area contributed by atoms with Crippen LogP contribution in [-0.2, 0) is 6.42 Å². The first-order valence-corrected chi connectivity index (χ1v) is 7.09. The molecule has 0 radical (unpaired) electrons. The Morgan fingerprint density at radius 1 is 1.05 bits per heavy atom. The minimum absolute atomic E-state index is 0.313. The van der Waals surface area contributed by atoms with Gasteiger partial charge in [0.1, 0.15) is 0 Å². The predicted molar refractivity (Wildman–Crippen MR) is 83.9 cm³/mol. The van der Waals surface area contributed by atoms with Gasteiger partial charge in [-0.2, -0.15) is 0 Å². The lowest BCUT2D eigenvalue weighted by Crippen LogP contribution is -2.21. The second-order valence-electron chi connectivity index (χ2n) is 4.90. The third-order valence-corrected chi connectivity index (χ3v) is 3.52. The summed E-state index contributed by atoms with van der Waals surface area (Å²) in [5.74, 6) is 1.54. The van der Waals surface area contributed by atoms with Crippen LogP contribution < -0.4 is 14.8 Å². The number of nitrogens with zero attached hydrogens (tertiary/aromatic N) is 1. The molecule has 0 aliphatic carbocycles. The Labute approximate surface area is 126 Å². The summed E-state index contributed by atoms with van der Waals surface area (Å²) in [4.78, 5) is 4.04. The molecular weight excluding hydrogens is 264 g/mol. The molecule has 4 nitrogen and oxygen atoms in total. The van der Waals surface area contributed by atoms with Crippen molar-refractivity contribution >= 4 is 0 Å². The SMILES string of the molecule is COc1ccc(CCNC(C)c2ccncc2)cc1OC. The van der Waals surface area contributed by atoms with Gasteiger partial charge in [-0.1, -0.05) is 6.07 Å². The summed E-state index contributed by atoms with van der Waals surface area (Å²) in [5.41, 5.74) is 2.47. The highest BCUT2D eigenvalue weighted by Gasteiger charge is 2.06. The largest absolute Gasteiger partial charge is 0.493 e. The van der Waals surface area contributed by atoms with Crippen LogP contribution in [-0.4, -0.2) is 25.7 Å². The van der Waals surface area contributed by atoms with Crippen molar-refractivity contribution in [3.05, 3.63) is 53.9 Å². The third-order valence-electron chi connectivity index (χ3n) is 3.52. The Morgan fingerprint density at radius 2 is 1.76 bits per heavy atom. The van der Waals surface area contributed by atoms with E-state index >= 15 is 0 Å². The van der Waals surface area contributed by atoms with Crippen LogP contribution in [0.4, 0.5) is 0 Å². The molecule has 1 N–H and O–H groups in total. The fraction of sp³-hybridized carbons (Fsp3) is 0.353. The first kappa shape index (κ1) is 15.3. The van der Waals surface area contributed by atoms with Crippen molar-refractivity contribution in [3.8, 4) is 11.5 Å². The van der Waals surface area contributed by atoms with Gasteiger partial charge in [0.05, 0.1) is 14.2 Å². The molecule has 0 fully saturated rings. The molecular formula is C17H22N2O2. The molecule has 2 rings (SSSR count). The first-order chi connectivity index (χ1) is 10.2. The zero-order valence-corrected chi connectivity index (χ0v) is 12.8. The average Bonchev–Trinajstić information content (AvgIpc) is 2.55. The fourth-order valence-electron chi connectivity index (χ4n) is 2.24. The van der Waals surface area contributed by atoms with Gasteiger partial charge in [-0.25, -0.2) is 0 Å². The number of nitrogens with one attached hydrogen (secondary N) is 1. The van der Waals surface area contributed by atoms with Crippen molar-refractivity contribution in [1.82, 2.24) is 10.3 Å². The molecule has 0 aliphatic rings. The average molecular weight is 286 g/mol. The van der Waals surface area contributed by atoms with Gasteiger partial charge in [0.15, 0.2) is 11.5 Å². The monoisotopic (exact) mass is 286 g/mol. The second-order valence-corrected chi connectivity index (χ2v) is 4.90. The van der Waals surface area contributed by atoms with E-state index in [1.807, 2.05) is 36.7 Å². The van der Waals surface area contributed by atoms with E-state index in [-0.39, 0.29) is 0 Å². The molecule has 0 aliphatic heterocycles. The van der Waals surface area contributed by atoms with Gasteiger partial charge < -0.3 is 14.8 Å². The predicted octanol–water partition coefficient (Wildman–Crippen LogP) is 2.99. The summed E-state index contributed by atoms with van der Waals surface area (Å²) < 4.78 is 10.6. The number of methoxy groups -OCH3 is 2. The van der Waals surface area contributed by atoms with Crippen molar-refractivity contribution in [3.63, 3.8) is 0 Å². The smallest absolute Gasteiger partial charge is 0.160 e. The van der Waals surface area contributed by atoms with Crippen LogP contribution in [0, 0.1) is 0 Å². The van der Waals surface area contributed by atoms with Crippen LogP contribution in [0.2, 0.25) is 0 Å². The van der Waals surface area contributed by atoms with E-state index in [0.29, 0.717) is 6.04 Å². The molecule has 0 amide bonds. The summed E-state index contributed by atoms with van der Waals surface area (Å²) in [6.07, 6.45) is 4.58. The number of hydrogen-bond donors (Lipinski definition) is 1. The van der Waals surface area contributed by atoms with Gasteiger partial charge in [-0.05, 0) is 55.3 Å². The van der Waals surface area contributed by atoms with Crippen molar-refractivity contribution < 1.29 is 9.47 Å². The maximum Gasteiger partial charge on any atom is 0.160 e. The van der Waals surface area contributed by atoms with Crippen molar-refractivity contribution in [2.45, 2.75) is 19.4 Å². The maximum atomic E-state index is 5.32. The topological polar surface area (TPSA) is 43.4 Å². The van der Waals surface area contributed by atoms with E-state index in [1.54, 1.807) is 14.2 Å². The highest BCUT2D eigenvalue weighted by Crippen LogP contribution is 2.27. The van der Waals surface area contributed by atoms with E-state index in [4.69, 9.17) is 9.47 Å². The summed E-state index contributed by atoms with van der Waals surface area (Å²) >= 11 is 0. The van der Waals surface area contributed by atoms with Gasteiger partial charge in [0.2, 0.25) is 0 Å². The van der Waals surface area contributed by atoms with Gasteiger partial charge in [0.25, 0.3) is 0 Å². The van der Waals surface area contributed by atoms with Crippen LogP contribution in [0.3, 0.4) is 0 Å². The fourth-order valence-corrected chi connectivity index (χ4v) is 2.24. The molecule has 112 valence electrons. The second kappa shape index (κ2) is 7.64. The molecule has 1 atom stereocenters. The normalized spacial score (nSPS) is 12.0. The number of pyridine rings is 1. The standard InChI is InChI=1S/C17H22N2O2/c1-13(15-7-9-18-10-8-15)19-11-6-14-4-5-16(20-2)17(12-14)21-3/h4-5,7-10,12-13,19H,6,11H2,1-3H3. The van der Waals surface area contributed by atoms with Crippen LogP contribution in [0.5, 0.6) is 11.5 Å². The molecule has 21 heavy (non-hydrogen) atoms. The lowest BCUT2D eigenvalue weighted by atomic mass is 10.1. The van der Waals surface area contributed by atoms with E-state index in [1.165, 1.54) is 11.1 Å². The van der Waals surface area contributed by atoms with Crippen LogP contribution in [0.1, 0.15) is 24.1 Å². The van der Waals surface area contributed by atoms with E-state index in [9.17, 15) is 0 Å². The maximum absolute atomic E-state index is 5.32. The molecule has 4 heteroatoms. The molecule has 1 heterocycles. The zero-order valence-electron chi connectivity index (χ0n) is 12.8. The molecule has 1 unspecified atom stereocenters. The van der Waals surface area contributed by atoms with E-state index in [0.717, 1.165) is 24.5 Å². The van der Waals surface area contributed by atoms with Gasteiger partial charge in [0, 0.05) is 18.4 Å². The summed E-state index contributed by atoms with van der Waals surface area (Å²) in [5, 5.41) is 3.51. The lowest BCUT2D eigenvalue weighted by molar-refractivity contribution is 0.354. The van der Waals surface area contributed by atoms with E-state index < -0.39 is 0 Å². The number of benzene rings is 1. The van der Waals surface area contributed by atoms with Gasteiger partial charge >= 0.3 is 0 Å². The minimum atomic E-state index is 0.313. The summed E-state index contributed by atoms with van der Waals surface area (Å²) in [6, 6.07) is 10.4. The molecule has 0 bridgehead atoms. The lowest BCUT2D eigenvalue weighted by Gasteiger charge is -2.14. The Balaban J connectivity index is 1.89. The van der Waals surface area contributed by atoms with Gasteiger partial charge in [-0.15, -0.1) is 0 Å². The Kier molecular flexibility index (Phi) is 5.58. The number of hydrogen-bond acceptors (Lipinski definition) is 4. The molecule has 1 aromatic carbocycles. The summed E-state index contributed by atoms with van der Waals surface area (Å²) in [7, 11) is 3.31. The van der Waals surface area contributed by atoms with Gasteiger partial charge in [-0.3, -0.25) is 4.98 Å². The number of aromatic nitrogens is 1. The van der Waals surface area contributed by atoms with Crippen molar-refractivity contribution in [2.24, 2.45) is 0 Å². The van der Waals surface area contributed by atoms with Crippen LogP contribution >= 0.6 is 0 Å². The van der Waals surface area contributed by atoms with Crippen molar-refractivity contribution in [1.29, 1.82) is 0 Å². The van der Waals surface area contributed by atoms with Crippen LogP contribution in [0.15, 0.2) is 42.7 Å². The zero-order chi connectivity index (χ0) is 15.1. The third kappa shape index (κ3) is 4.20. The highest BCUT2D eigenvalue weighted by molar-refractivity contribution is 5.42. The van der Waals surface area contributed by atoms with Crippen LogP contribution in [0.25, 0.3) is 0 Å². The molecule has 1 aromatic heterocycles. The Morgan fingerprint density at radius 3 is 2.43 bits per heavy atom. The highest BCUT2D eigenvalue weighted by atomic mass is 16.5. The quantitative estimate of drug-likeness (QED) is 0.849. The molecule has 0 spiro atoms. The van der Waals surface area contributed by atoms with E-state index in [2.05, 4.69) is 23.3 Å². The molecule has 0 saturated heterocycles. The molecule has 0 saturated carbocycles.